The van der Waals surface area contributed by atoms with Crippen molar-refractivity contribution in [3.8, 4) is 23.1 Å². The van der Waals surface area contributed by atoms with Crippen LogP contribution in [0.25, 0.3) is 0 Å². The van der Waals surface area contributed by atoms with E-state index in [9.17, 15) is 0 Å². The SMILES string of the molecule is CNCc1cccc(Oc2[c-]cccc2)n1.Cc1cccc(C(C)(C)c2ccccc2[N](C)[AlH])n1.Cc1cccc(C(C)(C)c2ccccc2[O][AlH])n1.Cc1cccc(C(C)(C)c2ccccc2[S][AlH])n1.Cc1cncc(C(C)(C)c2ccccc2[O][AlH])n1.[Os+]. The summed E-state index contributed by atoms with van der Waals surface area (Å²) in [6.07, 6.45) is 3.59. The Balaban J connectivity index is 0.000000204. The Morgan fingerprint density at radius 2 is 0.911 bits per heavy atom. The van der Waals surface area contributed by atoms with Gasteiger partial charge in [0.25, 0.3) is 15.2 Å². The van der Waals surface area contributed by atoms with E-state index in [0.717, 1.165) is 80.4 Å². The van der Waals surface area contributed by atoms with Crippen molar-refractivity contribution in [3.63, 3.8) is 0 Å². The van der Waals surface area contributed by atoms with Crippen LogP contribution in [0, 0.1) is 33.8 Å². The van der Waals surface area contributed by atoms with Gasteiger partial charge in [0.2, 0.25) is 5.88 Å². The quantitative estimate of drug-likeness (QED) is 0.0732. The minimum absolute atomic E-state index is 0. The van der Waals surface area contributed by atoms with Crippen molar-refractivity contribution < 1.29 is 32.1 Å². The third-order valence-electron chi connectivity index (χ3n) is 15.2. The molecule has 0 bridgehead atoms. The molecule has 5 aromatic heterocycles. The topological polar surface area (TPSA) is 120 Å². The molecule has 5 radical (unpaired) electrons. The summed E-state index contributed by atoms with van der Waals surface area (Å²) in [5, 5.41) is 3.05. The largest absolute Gasteiger partial charge is 1.00 e. The second kappa shape index (κ2) is 35.8. The zero-order chi connectivity index (χ0) is 64.8. The molecule has 0 saturated carbocycles. The van der Waals surface area contributed by atoms with Gasteiger partial charge in [0.05, 0.1) is 45.7 Å². The van der Waals surface area contributed by atoms with Crippen LogP contribution in [0.5, 0.6) is 23.1 Å². The smallest absolute Gasteiger partial charge is 0.650 e. The maximum absolute atomic E-state index is 5.57. The van der Waals surface area contributed by atoms with Crippen molar-refractivity contribution in [2.75, 3.05) is 18.0 Å². The third-order valence-corrected chi connectivity index (χ3v) is 17.7. The Hall–Kier alpha value is -5.94. The fourth-order valence-electron chi connectivity index (χ4n) is 10.00. The molecule has 0 saturated heterocycles. The summed E-state index contributed by atoms with van der Waals surface area (Å²) in [5.74, 6) is 3.08. The van der Waals surface area contributed by atoms with Crippen molar-refractivity contribution in [1.82, 2.24) is 35.2 Å². The first-order valence-corrected chi connectivity index (χ1v) is 34.0. The van der Waals surface area contributed by atoms with E-state index in [0.29, 0.717) is 11.6 Å². The molecule has 90 heavy (non-hydrogen) atoms. The first-order valence-electron chi connectivity index (χ1n) is 29.5. The number of anilines is 1. The number of rotatable bonds is 16. The van der Waals surface area contributed by atoms with E-state index in [-0.39, 0.29) is 41.5 Å². The molecule has 17 heteroatoms. The molecule has 5 aromatic carbocycles. The molecular weight excluding hydrogens is 1370 g/mol. The van der Waals surface area contributed by atoms with E-state index in [1.54, 1.807) is 6.20 Å². The summed E-state index contributed by atoms with van der Waals surface area (Å²) < 4.78 is 18.7. The molecule has 5 heterocycles. The molecule has 0 aliphatic heterocycles. The van der Waals surface area contributed by atoms with Crippen molar-refractivity contribution in [3.05, 3.63) is 286 Å². The van der Waals surface area contributed by atoms with Crippen LogP contribution in [0.3, 0.4) is 0 Å². The molecule has 459 valence electrons. The van der Waals surface area contributed by atoms with Crippen LogP contribution in [-0.4, -0.2) is 109 Å². The van der Waals surface area contributed by atoms with Gasteiger partial charge >= 0.3 is 69.5 Å². The minimum Gasteiger partial charge on any atom is -0.650 e. The van der Waals surface area contributed by atoms with Crippen molar-refractivity contribution in [2.24, 2.45) is 0 Å². The predicted molar refractivity (Wildman–Crippen MR) is 374 cm³/mol. The summed E-state index contributed by atoms with van der Waals surface area (Å²) in [4.78, 5) is 28.5. The summed E-state index contributed by atoms with van der Waals surface area (Å²) in [6.45, 7) is 26.4. The average molecular weight is 1450 g/mol. The summed E-state index contributed by atoms with van der Waals surface area (Å²) in [6, 6.07) is 68.1. The van der Waals surface area contributed by atoms with Crippen LogP contribution in [0.2, 0.25) is 0 Å². The van der Waals surface area contributed by atoms with E-state index in [4.69, 9.17) is 17.3 Å². The second-order valence-electron chi connectivity index (χ2n) is 23.5. The molecule has 10 rings (SSSR count). The van der Waals surface area contributed by atoms with Gasteiger partial charge in [-0.05, 0) is 132 Å². The van der Waals surface area contributed by atoms with E-state index in [2.05, 4.69) is 200 Å². The van der Waals surface area contributed by atoms with Gasteiger partial charge in [0.15, 0.2) is 0 Å². The summed E-state index contributed by atoms with van der Waals surface area (Å²) >= 11 is 6.79. The van der Waals surface area contributed by atoms with Crippen LogP contribution >= 0.6 is 10.1 Å². The van der Waals surface area contributed by atoms with Gasteiger partial charge in [0.1, 0.15) is 0 Å². The number of ether oxygens (including phenoxy) is 1. The summed E-state index contributed by atoms with van der Waals surface area (Å²) in [5.41, 5.74) is 15.0. The van der Waals surface area contributed by atoms with E-state index in [1.807, 2.05) is 180 Å². The van der Waals surface area contributed by atoms with Gasteiger partial charge in [-0.3, -0.25) is 24.9 Å². The average Bonchev–Trinajstić information content (AvgIpc) is 1.27. The maximum atomic E-state index is 5.57. The number of aryl methyl sites for hydroxylation is 4. The zero-order valence-electron chi connectivity index (χ0n) is 54.8. The van der Waals surface area contributed by atoms with Gasteiger partial charge < -0.3 is 21.5 Å². The molecular formula is C73H83Al4N8O3OsS. The third kappa shape index (κ3) is 20.8. The van der Waals surface area contributed by atoms with Gasteiger partial charge in [-0.2, -0.15) is 18.2 Å². The van der Waals surface area contributed by atoms with E-state index < -0.39 is 0 Å². The Kier molecular flexibility index (Phi) is 29.7. The molecule has 11 nitrogen and oxygen atoms in total. The first-order chi connectivity index (χ1) is 42.5. The Bertz CT molecular complexity index is 3600. The number of pyridine rings is 4. The molecule has 0 unspecified atom stereocenters. The van der Waals surface area contributed by atoms with Gasteiger partial charge in [-0.15, -0.1) is 12.1 Å². The number of hydrogen-bond acceptors (Lipinski definition) is 12. The van der Waals surface area contributed by atoms with Gasteiger partial charge in [0, 0.05) is 86.3 Å². The molecule has 0 aliphatic rings. The normalized spacial score (nSPS) is 11.0. The minimum atomic E-state index is -0.226. The number of nitrogens with zero attached hydrogens (tertiary/aromatic N) is 7. The molecule has 0 amide bonds. The van der Waals surface area contributed by atoms with Crippen LogP contribution in [0.4, 0.5) is 5.69 Å². The summed E-state index contributed by atoms with van der Waals surface area (Å²) in [7, 11) is 5.80. The number of hydrogen-bond donors (Lipinski definition) is 1. The van der Waals surface area contributed by atoms with Crippen LogP contribution in [0.15, 0.2) is 211 Å². The van der Waals surface area contributed by atoms with Crippen molar-refractivity contribution >= 4 is 80.7 Å². The molecule has 0 atom stereocenters. The predicted octanol–water partition coefficient (Wildman–Crippen LogP) is 14.2. The Morgan fingerprint density at radius 3 is 1.38 bits per heavy atom. The molecule has 1 N–H and O–H groups in total. The standard InChI is InChI=1S/C16H19N2.C15H17NO.C15H17NS.C14H16N2O.C13H13N2O.4Al.Os.4H/c1-12-8-7-11-15(18-12)16(2,3)13-9-5-6-10-14(13)17-4;2*1-11-7-6-10-14(16-11)15(2,3)12-8-4-5-9-13(12)17;1-10-8-15-9-13(16-10)14(2,3)11-6-4-5-7-12(11)17;1-14-10-11-6-5-9-13(15-11)16-12-7-3-2-4-8-12;;;;;;;;;/h5-11H,1-4H3;2*4-10,17H,1-3H3;4-9,17H,1-3H3;2-7,9,14H,10H2,1H3;;;;;;;;;/q-1;;;;-1;5*+1;;;;/p-3. The van der Waals surface area contributed by atoms with Gasteiger partial charge in [-0.1, -0.05) is 145 Å². The second-order valence-corrected chi connectivity index (χ2v) is 26.6. The monoisotopic (exact) mass is 1450 g/mol. The van der Waals surface area contributed by atoms with Crippen LogP contribution in [0.1, 0.15) is 129 Å². The molecule has 0 fully saturated rings. The van der Waals surface area contributed by atoms with Crippen LogP contribution < -0.4 is 21.5 Å². The number of aromatic nitrogens is 6. The Labute approximate surface area is 586 Å². The Morgan fingerprint density at radius 1 is 0.478 bits per heavy atom. The zero-order valence-corrected chi connectivity index (χ0v) is 63.8. The number of para-hydroxylation sites is 4. The molecule has 0 spiro atoms. The van der Waals surface area contributed by atoms with Crippen LogP contribution in [-0.2, 0) is 48.0 Å². The van der Waals surface area contributed by atoms with Gasteiger partial charge in [-0.25, -0.2) is 15.1 Å². The van der Waals surface area contributed by atoms with E-state index >= 15 is 0 Å². The van der Waals surface area contributed by atoms with Crippen molar-refractivity contribution in [1.29, 1.82) is 0 Å². The first kappa shape index (κ1) is 74.8. The molecule has 10 aromatic rings. The fourth-order valence-corrected chi connectivity index (χ4v) is 12.2. The van der Waals surface area contributed by atoms with Crippen molar-refractivity contribution in [2.45, 2.75) is 116 Å². The number of benzene rings is 5. The fraction of sp³-hybridized carbons (Fsp3) is 0.260. The molecule has 0 aliphatic carbocycles. The number of nitrogens with one attached hydrogen (secondary N) is 1. The van der Waals surface area contributed by atoms with E-state index in [1.165, 1.54) is 55.0 Å². The maximum Gasteiger partial charge on any atom is 1.00 e.